The summed E-state index contributed by atoms with van der Waals surface area (Å²) in [5, 5.41) is 5.62. The van der Waals surface area contributed by atoms with E-state index < -0.39 is 36.1 Å². The Morgan fingerprint density at radius 3 is 2.44 bits per heavy atom. The second kappa shape index (κ2) is 12.2. The highest BCUT2D eigenvalue weighted by Crippen LogP contribution is 2.37. The molecule has 3 N–H and O–H groups in total. The van der Waals surface area contributed by atoms with Crippen LogP contribution in [-0.4, -0.2) is 98.5 Å². The number of carbonyl (C=O) groups is 2. The Bertz CT molecular complexity index is 1630. The first-order valence-corrected chi connectivity index (χ1v) is 13.8. The highest BCUT2D eigenvalue weighted by atomic mass is 35.5. The van der Waals surface area contributed by atoms with E-state index in [0.717, 1.165) is 10.8 Å². The molecule has 0 radical (unpaired) electrons. The van der Waals surface area contributed by atoms with E-state index in [-0.39, 0.29) is 44.4 Å². The molecule has 1 saturated heterocycles. The summed E-state index contributed by atoms with van der Waals surface area (Å²) < 4.78 is 85.9. The van der Waals surface area contributed by atoms with Crippen molar-refractivity contribution in [3.05, 3.63) is 52.7 Å². The minimum atomic E-state index is -5.07. The van der Waals surface area contributed by atoms with Crippen molar-refractivity contribution < 1.29 is 40.7 Å². The molecule has 3 aromatic rings. The van der Waals surface area contributed by atoms with Crippen LogP contribution in [-0.2, 0) is 24.5 Å². The third kappa shape index (κ3) is 7.00. The molecule has 0 spiro atoms. The lowest BCUT2D eigenvalue weighted by atomic mass is 10.1. The number of hydrogen-bond donors (Lipinski definition) is 2. The maximum atomic E-state index is 13.6. The van der Waals surface area contributed by atoms with Crippen LogP contribution in [0.5, 0.6) is 0 Å². The summed E-state index contributed by atoms with van der Waals surface area (Å²) in [5.41, 5.74) is 3.46. The molecule has 19 heteroatoms. The highest BCUT2D eigenvalue weighted by Gasteiger charge is 2.40. The second-order valence-electron chi connectivity index (χ2n) is 10.3. The predicted octanol–water partition coefficient (Wildman–Crippen LogP) is 3.24. The minimum Gasteiger partial charge on any atom is -0.463 e. The quantitative estimate of drug-likeness (QED) is 0.387. The predicted molar refractivity (Wildman–Crippen MR) is 149 cm³/mol. The molecule has 2 aliphatic heterocycles. The van der Waals surface area contributed by atoms with Crippen molar-refractivity contribution in [2.75, 3.05) is 44.6 Å². The number of nitrogens with zero attached hydrogens (tertiary/aromatic N) is 7. The number of imidazole rings is 1. The Hall–Kier alpha value is -4.32. The van der Waals surface area contributed by atoms with E-state index in [2.05, 4.69) is 20.4 Å². The van der Waals surface area contributed by atoms with E-state index in [9.17, 15) is 35.9 Å². The standard InChI is InChI=1S/C26H26ClF6N9O3/c1-39-19(17-11-42(13-25(28,29)30)38-20(17)26(31,32)33)10-35-21(39)22(43)36-14-2-3-16(18(27)8-14)23(44)40-4-6-41(7-5-40)24-37-15(9-34)12-45-24/h2-3,8,10-11,15H,4-7,9,12-13,34H2,1H3,(H,36,43). The van der Waals surface area contributed by atoms with Gasteiger partial charge in [0.15, 0.2) is 11.5 Å². The molecular weight excluding hydrogens is 636 g/mol. The molecule has 2 aromatic heterocycles. The molecule has 1 atom stereocenters. The van der Waals surface area contributed by atoms with Crippen molar-refractivity contribution in [2.24, 2.45) is 17.8 Å². The third-order valence-corrected chi connectivity index (χ3v) is 7.42. The first-order chi connectivity index (χ1) is 21.1. The summed E-state index contributed by atoms with van der Waals surface area (Å²) >= 11 is 6.38. The van der Waals surface area contributed by atoms with Gasteiger partial charge in [-0.2, -0.15) is 31.4 Å². The van der Waals surface area contributed by atoms with Crippen LogP contribution in [0, 0.1) is 0 Å². The van der Waals surface area contributed by atoms with Crippen molar-refractivity contribution in [1.82, 2.24) is 29.1 Å². The van der Waals surface area contributed by atoms with Crippen LogP contribution in [0.2, 0.25) is 5.02 Å². The van der Waals surface area contributed by atoms with Crippen LogP contribution in [0.1, 0.15) is 26.7 Å². The van der Waals surface area contributed by atoms with Gasteiger partial charge < -0.3 is 30.2 Å². The van der Waals surface area contributed by atoms with Gasteiger partial charge in [-0.15, -0.1) is 0 Å². The van der Waals surface area contributed by atoms with Gasteiger partial charge in [-0.1, -0.05) is 11.6 Å². The Morgan fingerprint density at radius 2 is 1.84 bits per heavy atom. The largest absolute Gasteiger partial charge is 0.463 e. The number of aromatic nitrogens is 4. The van der Waals surface area contributed by atoms with Gasteiger partial charge in [0.2, 0.25) is 0 Å². The molecule has 1 unspecified atom stereocenters. The number of nitrogens with one attached hydrogen (secondary N) is 1. The van der Waals surface area contributed by atoms with E-state index in [1.54, 1.807) is 4.90 Å². The summed E-state index contributed by atoms with van der Waals surface area (Å²) in [7, 11) is 1.23. The van der Waals surface area contributed by atoms with Crippen LogP contribution >= 0.6 is 11.6 Å². The number of ether oxygens (including phenoxy) is 1. The fourth-order valence-electron chi connectivity index (χ4n) is 4.87. The molecule has 1 fully saturated rings. The summed E-state index contributed by atoms with van der Waals surface area (Å²) in [4.78, 5) is 38.0. The second-order valence-corrected chi connectivity index (χ2v) is 10.7. The maximum absolute atomic E-state index is 13.6. The van der Waals surface area contributed by atoms with E-state index in [4.69, 9.17) is 22.1 Å². The molecule has 2 aliphatic rings. The number of halogens is 7. The zero-order valence-electron chi connectivity index (χ0n) is 23.5. The Kier molecular flexibility index (Phi) is 8.72. The molecule has 0 saturated carbocycles. The number of carbonyl (C=O) groups excluding carboxylic acids is 2. The smallest absolute Gasteiger partial charge is 0.435 e. The van der Waals surface area contributed by atoms with Crippen LogP contribution < -0.4 is 11.1 Å². The molecule has 0 bridgehead atoms. The van der Waals surface area contributed by atoms with Crippen molar-refractivity contribution in [1.29, 1.82) is 0 Å². The molecule has 1 aromatic carbocycles. The fraction of sp³-hybridized carbons (Fsp3) is 0.423. The van der Waals surface area contributed by atoms with Crippen LogP contribution in [0.4, 0.5) is 32.0 Å². The first-order valence-electron chi connectivity index (χ1n) is 13.4. The first kappa shape index (κ1) is 32.1. The van der Waals surface area contributed by atoms with Gasteiger partial charge in [0.1, 0.15) is 19.2 Å². The maximum Gasteiger partial charge on any atom is 0.435 e. The molecule has 0 aliphatic carbocycles. The van der Waals surface area contributed by atoms with Gasteiger partial charge in [-0.3, -0.25) is 14.3 Å². The number of amides is 2. The highest BCUT2D eigenvalue weighted by molar-refractivity contribution is 6.34. The fourth-order valence-corrected chi connectivity index (χ4v) is 5.13. The summed E-state index contributed by atoms with van der Waals surface area (Å²) in [6.07, 6.45) is -8.36. The third-order valence-electron chi connectivity index (χ3n) is 7.10. The van der Waals surface area contributed by atoms with Crippen molar-refractivity contribution in [3.63, 3.8) is 0 Å². The molecule has 45 heavy (non-hydrogen) atoms. The van der Waals surface area contributed by atoms with Gasteiger partial charge in [0.05, 0.1) is 28.0 Å². The lowest BCUT2D eigenvalue weighted by Crippen LogP contribution is -2.50. The number of nitrogens with two attached hydrogens (primary N) is 1. The number of aliphatic imine (C=N–C) groups is 1. The monoisotopic (exact) mass is 661 g/mol. The van der Waals surface area contributed by atoms with Crippen molar-refractivity contribution in [3.8, 4) is 11.3 Å². The molecular formula is C26H26ClF6N9O3. The summed E-state index contributed by atoms with van der Waals surface area (Å²) in [6.45, 7) is 0.812. The normalized spacial score (nSPS) is 17.4. The van der Waals surface area contributed by atoms with Gasteiger partial charge in [-0.25, -0.2) is 9.98 Å². The van der Waals surface area contributed by atoms with Crippen LogP contribution in [0.25, 0.3) is 11.3 Å². The van der Waals surface area contributed by atoms with Gasteiger partial charge >= 0.3 is 12.4 Å². The summed E-state index contributed by atoms with van der Waals surface area (Å²) in [5.74, 6) is -1.52. The molecule has 2 amide bonds. The summed E-state index contributed by atoms with van der Waals surface area (Å²) in [6, 6.07) is 4.61. The number of anilines is 1. The lowest BCUT2D eigenvalue weighted by Gasteiger charge is -2.35. The number of hydrogen-bond acceptors (Lipinski definition) is 8. The molecule has 12 nitrogen and oxygen atoms in total. The number of alkyl halides is 6. The molecule has 242 valence electrons. The van der Waals surface area contributed by atoms with Crippen LogP contribution in [0.3, 0.4) is 0 Å². The number of benzene rings is 1. The Morgan fingerprint density at radius 1 is 1.13 bits per heavy atom. The van der Waals surface area contributed by atoms with Gasteiger partial charge in [0, 0.05) is 51.7 Å². The lowest BCUT2D eigenvalue weighted by molar-refractivity contribution is -0.148. The topological polar surface area (TPSA) is 136 Å². The zero-order valence-corrected chi connectivity index (χ0v) is 24.2. The van der Waals surface area contributed by atoms with Crippen molar-refractivity contribution in [2.45, 2.75) is 24.9 Å². The van der Waals surface area contributed by atoms with Gasteiger partial charge in [-0.05, 0) is 18.2 Å². The van der Waals surface area contributed by atoms with Crippen LogP contribution in [0.15, 0.2) is 35.6 Å². The van der Waals surface area contributed by atoms with E-state index in [1.165, 1.54) is 25.2 Å². The van der Waals surface area contributed by atoms with E-state index in [0.29, 0.717) is 51.5 Å². The van der Waals surface area contributed by atoms with Crippen molar-refractivity contribution >= 4 is 35.1 Å². The SMILES string of the molecule is Cn1c(-c2cn(CC(F)(F)F)nc2C(F)(F)F)cnc1C(=O)Nc1ccc(C(=O)N2CCN(C3=NC(CN)CO3)CC2)c(Cl)c1. The number of amidine groups is 1. The Balaban J connectivity index is 1.26. The average Bonchev–Trinajstić information content (AvgIpc) is 3.70. The number of rotatable bonds is 6. The zero-order chi connectivity index (χ0) is 32.7. The Labute approximate surface area is 256 Å². The van der Waals surface area contributed by atoms with Gasteiger partial charge in [0.25, 0.3) is 17.8 Å². The average molecular weight is 662 g/mol. The molecule has 4 heterocycles. The van der Waals surface area contributed by atoms with E-state index in [1.807, 2.05) is 4.90 Å². The van der Waals surface area contributed by atoms with E-state index >= 15 is 0 Å². The number of piperazine rings is 1. The molecule has 5 rings (SSSR count). The minimum absolute atomic E-state index is 0.0435.